The Kier molecular flexibility index (Phi) is 8.64. The first kappa shape index (κ1) is 26.2. The molecule has 0 aromatic carbocycles. The Morgan fingerprint density at radius 2 is 2.03 bits per heavy atom. The van der Waals surface area contributed by atoms with Crippen molar-refractivity contribution in [2.45, 2.75) is 58.1 Å². The molecule has 2 unspecified atom stereocenters. The van der Waals surface area contributed by atoms with Crippen molar-refractivity contribution >= 4 is 40.6 Å². The molecule has 9 heteroatoms. The van der Waals surface area contributed by atoms with E-state index < -0.39 is 0 Å². The summed E-state index contributed by atoms with van der Waals surface area (Å²) in [6.07, 6.45) is 8.90. The number of fused-ring (bicyclic) bond motifs is 1. The molecule has 1 saturated carbocycles. The van der Waals surface area contributed by atoms with Gasteiger partial charge in [0, 0.05) is 24.4 Å². The number of thioether (sulfide) groups is 1. The molecule has 36 heavy (non-hydrogen) atoms. The van der Waals surface area contributed by atoms with Crippen LogP contribution in [0.3, 0.4) is 0 Å². The molecule has 192 valence electrons. The van der Waals surface area contributed by atoms with Crippen molar-refractivity contribution in [1.29, 1.82) is 0 Å². The predicted octanol–water partition coefficient (Wildman–Crippen LogP) is 5.28. The van der Waals surface area contributed by atoms with Gasteiger partial charge in [-0.3, -0.25) is 4.79 Å². The Balaban J connectivity index is 1.61. The van der Waals surface area contributed by atoms with Gasteiger partial charge in [0.1, 0.15) is 17.7 Å². The molecule has 0 bridgehead atoms. The zero-order chi connectivity index (χ0) is 25.7. The number of nitrogens with one attached hydrogen (secondary N) is 1. The molecule has 0 spiro atoms. The zero-order valence-corrected chi connectivity index (χ0v) is 22.2. The van der Waals surface area contributed by atoms with Gasteiger partial charge in [-0.1, -0.05) is 19.9 Å². The minimum atomic E-state index is -0.137. The summed E-state index contributed by atoms with van der Waals surface area (Å²) in [6, 6.07) is 5.77. The molecule has 3 aromatic heterocycles. The molecular weight excluding hydrogens is 474 g/mol. The van der Waals surface area contributed by atoms with Crippen molar-refractivity contribution in [2.24, 2.45) is 11.7 Å². The minimum Gasteiger partial charge on any atom is -0.474 e. The SMILES string of the molecule is CCC(N)c1cnc(O[C@H]2C[C@@H](CSC)C2)c2cnc(Nc3ccc(C)c(C(C)COC=O)n3)cc12. The molecule has 0 amide bonds. The molecule has 3 N–H and O–H groups in total. The number of nitrogens with two attached hydrogens (primary N) is 1. The highest BCUT2D eigenvalue weighted by molar-refractivity contribution is 7.98. The Labute approximate surface area is 216 Å². The molecular formula is C27H35N5O3S. The quantitative estimate of drug-likeness (QED) is 0.315. The lowest BCUT2D eigenvalue weighted by Crippen LogP contribution is -2.35. The van der Waals surface area contributed by atoms with E-state index in [0.717, 1.165) is 52.8 Å². The largest absolute Gasteiger partial charge is 0.474 e. The number of aromatic nitrogens is 3. The molecule has 4 rings (SSSR count). The summed E-state index contributed by atoms with van der Waals surface area (Å²) in [5, 5.41) is 5.17. The van der Waals surface area contributed by atoms with Crippen LogP contribution in [0.15, 0.2) is 30.6 Å². The van der Waals surface area contributed by atoms with Crippen LogP contribution in [0.5, 0.6) is 5.88 Å². The third kappa shape index (κ3) is 5.90. The van der Waals surface area contributed by atoms with E-state index in [2.05, 4.69) is 28.5 Å². The summed E-state index contributed by atoms with van der Waals surface area (Å²) in [6.45, 7) is 6.79. The number of hydrogen-bond acceptors (Lipinski definition) is 9. The molecule has 1 fully saturated rings. The summed E-state index contributed by atoms with van der Waals surface area (Å²) in [7, 11) is 0. The van der Waals surface area contributed by atoms with Crippen molar-refractivity contribution in [2.75, 3.05) is 23.9 Å². The molecule has 0 radical (unpaired) electrons. The van der Waals surface area contributed by atoms with Gasteiger partial charge >= 0.3 is 0 Å². The van der Waals surface area contributed by atoms with Gasteiger partial charge in [-0.05, 0) is 72.8 Å². The van der Waals surface area contributed by atoms with Crippen LogP contribution >= 0.6 is 11.8 Å². The number of ether oxygens (including phenoxy) is 2. The van der Waals surface area contributed by atoms with Crippen molar-refractivity contribution in [3.63, 3.8) is 0 Å². The molecule has 2 atom stereocenters. The maximum Gasteiger partial charge on any atom is 0.293 e. The second kappa shape index (κ2) is 11.9. The third-order valence-corrected chi connectivity index (χ3v) is 7.56. The van der Waals surface area contributed by atoms with Crippen LogP contribution < -0.4 is 15.8 Å². The lowest BCUT2D eigenvalue weighted by atomic mass is 9.84. The number of pyridine rings is 3. The predicted molar refractivity (Wildman–Crippen MR) is 145 cm³/mol. The number of carbonyl (C=O) groups is 1. The highest BCUT2D eigenvalue weighted by Crippen LogP contribution is 2.37. The molecule has 3 heterocycles. The Hall–Kier alpha value is -2.91. The first-order valence-electron chi connectivity index (χ1n) is 12.4. The van der Waals surface area contributed by atoms with Gasteiger partial charge in [0.15, 0.2) is 0 Å². The minimum absolute atomic E-state index is 0.0246. The lowest BCUT2D eigenvalue weighted by Gasteiger charge is -2.34. The van der Waals surface area contributed by atoms with Crippen LogP contribution in [0.4, 0.5) is 11.6 Å². The van der Waals surface area contributed by atoms with Crippen molar-refractivity contribution in [1.82, 2.24) is 15.0 Å². The summed E-state index contributed by atoms with van der Waals surface area (Å²) in [4.78, 5) is 24.6. The topological polar surface area (TPSA) is 112 Å². The molecule has 3 aromatic rings. The fourth-order valence-corrected chi connectivity index (χ4v) is 5.36. The van der Waals surface area contributed by atoms with Crippen LogP contribution in [0, 0.1) is 12.8 Å². The Morgan fingerprint density at radius 3 is 2.75 bits per heavy atom. The van der Waals surface area contributed by atoms with Crippen LogP contribution in [0.2, 0.25) is 0 Å². The maximum atomic E-state index is 10.6. The summed E-state index contributed by atoms with van der Waals surface area (Å²) >= 11 is 1.89. The highest BCUT2D eigenvalue weighted by Gasteiger charge is 2.31. The lowest BCUT2D eigenvalue weighted by molar-refractivity contribution is -0.129. The molecule has 1 aliphatic rings. The molecule has 0 aliphatic heterocycles. The number of hydrogen-bond donors (Lipinski definition) is 2. The third-order valence-electron chi connectivity index (χ3n) is 6.75. The Bertz CT molecular complexity index is 1200. The van der Waals surface area contributed by atoms with Gasteiger partial charge < -0.3 is 20.5 Å². The van der Waals surface area contributed by atoms with Gasteiger partial charge in [0.2, 0.25) is 5.88 Å². The normalized spacial score (nSPS) is 18.8. The standard InChI is InChI=1S/C27H35N5O3S/c1-5-23(28)21-11-30-27(35-19-8-18(9-19)14-36-4)22-12-29-25(10-20(21)22)31-24-7-6-16(2)26(32-24)17(3)13-34-15-33/h6-7,10-12,15,17-19,23H,5,8-9,13-14,28H2,1-4H3,(H,29,31,32)/t17?,18-,19+,23?. The second-order valence-corrected chi connectivity index (χ2v) is 10.4. The van der Waals surface area contributed by atoms with Crippen molar-refractivity contribution in [3.8, 4) is 5.88 Å². The average molecular weight is 510 g/mol. The summed E-state index contributed by atoms with van der Waals surface area (Å²) in [5.41, 5.74) is 9.32. The average Bonchev–Trinajstić information content (AvgIpc) is 2.86. The molecule has 8 nitrogen and oxygen atoms in total. The van der Waals surface area contributed by atoms with Crippen molar-refractivity contribution < 1.29 is 14.3 Å². The van der Waals surface area contributed by atoms with E-state index in [1.807, 2.05) is 50.0 Å². The fraction of sp³-hybridized carbons (Fsp3) is 0.481. The van der Waals surface area contributed by atoms with E-state index in [9.17, 15) is 4.79 Å². The van der Waals surface area contributed by atoms with E-state index in [1.165, 1.54) is 5.75 Å². The fourth-order valence-electron chi connectivity index (χ4n) is 4.62. The second-order valence-electron chi connectivity index (χ2n) is 9.54. The number of aryl methyl sites for hydroxylation is 1. The number of carbonyl (C=O) groups excluding carboxylic acids is 1. The van der Waals surface area contributed by atoms with Crippen LogP contribution in [-0.4, -0.2) is 46.1 Å². The smallest absolute Gasteiger partial charge is 0.293 e. The molecule has 1 aliphatic carbocycles. The van der Waals surface area contributed by atoms with Gasteiger partial charge in [-0.15, -0.1) is 0 Å². The van der Waals surface area contributed by atoms with Crippen LogP contribution in [-0.2, 0) is 9.53 Å². The first-order valence-corrected chi connectivity index (χ1v) is 13.8. The molecule has 0 saturated heterocycles. The number of anilines is 2. The van der Waals surface area contributed by atoms with Gasteiger partial charge in [0.05, 0.1) is 17.7 Å². The first-order chi connectivity index (χ1) is 17.4. The van der Waals surface area contributed by atoms with Crippen LogP contribution in [0.1, 0.15) is 61.9 Å². The van der Waals surface area contributed by atoms with Crippen molar-refractivity contribution in [3.05, 3.63) is 47.4 Å². The van der Waals surface area contributed by atoms with E-state index >= 15 is 0 Å². The van der Waals surface area contributed by atoms with Crippen LogP contribution in [0.25, 0.3) is 10.8 Å². The van der Waals surface area contributed by atoms with E-state index in [-0.39, 0.29) is 24.7 Å². The maximum absolute atomic E-state index is 10.6. The number of nitrogens with zero attached hydrogens (tertiary/aromatic N) is 3. The van der Waals surface area contributed by atoms with Gasteiger partial charge in [0.25, 0.3) is 6.47 Å². The monoisotopic (exact) mass is 509 g/mol. The summed E-state index contributed by atoms with van der Waals surface area (Å²) < 4.78 is 11.2. The zero-order valence-electron chi connectivity index (χ0n) is 21.4. The number of rotatable bonds is 12. The van der Waals surface area contributed by atoms with E-state index in [1.54, 1.807) is 6.20 Å². The van der Waals surface area contributed by atoms with Gasteiger partial charge in [-0.25, -0.2) is 15.0 Å². The van der Waals surface area contributed by atoms with Gasteiger partial charge in [-0.2, -0.15) is 11.8 Å². The highest BCUT2D eigenvalue weighted by atomic mass is 32.2. The summed E-state index contributed by atoms with van der Waals surface area (Å²) in [5.74, 6) is 3.81. The van der Waals surface area contributed by atoms with E-state index in [0.29, 0.717) is 24.0 Å². The Morgan fingerprint density at radius 1 is 1.22 bits per heavy atom. The van der Waals surface area contributed by atoms with E-state index in [4.69, 9.17) is 20.2 Å².